The van der Waals surface area contributed by atoms with E-state index in [0.29, 0.717) is 46.5 Å². The number of benzene rings is 2. The molecule has 0 fully saturated rings. The first-order valence-corrected chi connectivity index (χ1v) is 10.1. The largest absolute Gasteiger partial charge is 0.398 e. The number of aryl methyl sites for hydroxylation is 1. The Morgan fingerprint density at radius 2 is 1.91 bits per heavy atom. The molecule has 8 nitrogen and oxygen atoms in total. The summed E-state index contributed by atoms with van der Waals surface area (Å²) in [5.74, 6) is 1.03. The molecule has 2 aromatic carbocycles. The van der Waals surface area contributed by atoms with E-state index in [-0.39, 0.29) is 18.8 Å². The van der Waals surface area contributed by atoms with Crippen LogP contribution >= 0.6 is 0 Å². The van der Waals surface area contributed by atoms with Crippen LogP contribution in [-0.4, -0.2) is 26.0 Å². The molecular weight excluding hydrogens is 406 g/mol. The van der Waals surface area contributed by atoms with Gasteiger partial charge >= 0.3 is 0 Å². The van der Waals surface area contributed by atoms with E-state index >= 15 is 0 Å². The molecule has 0 aliphatic rings. The summed E-state index contributed by atoms with van der Waals surface area (Å²) in [6.45, 7) is 2.02. The highest BCUT2D eigenvalue weighted by Gasteiger charge is 2.16. The first-order valence-electron chi connectivity index (χ1n) is 10.1. The maximum Gasteiger partial charge on any atom is 0.223 e. The third-order valence-corrected chi connectivity index (χ3v) is 5.13. The Labute approximate surface area is 185 Å². The van der Waals surface area contributed by atoms with Gasteiger partial charge in [-0.2, -0.15) is 0 Å². The van der Waals surface area contributed by atoms with Gasteiger partial charge in [-0.05, 0) is 30.2 Å². The number of nitrogens with one attached hydrogen (secondary N) is 1. The molecule has 4 rings (SSSR count). The van der Waals surface area contributed by atoms with Crippen molar-refractivity contribution in [3.8, 4) is 11.3 Å². The summed E-state index contributed by atoms with van der Waals surface area (Å²) in [6, 6.07) is 16.5. The molecule has 0 bridgehead atoms. The van der Waals surface area contributed by atoms with Crippen LogP contribution in [-0.2, 0) is 19.6 Å². The van der Waals surface area contributed by atoms with Gasteiger partial charge in [0.15, 0.2) is 5.78 Å². The number of hydrogen-bond donors (Lipinski definition) is 3. The van der Waals surface area contributed by atoms with Crippen LogP contribution in [0.2, 0.25) is 0 Å². The van der Waals surface area contributed by atoms with E-state index in [2.05, 4.69) is 20.4 Å². The van der Waals surface area contributed by atoms with Crippen LogP contribution in [0.15, 0.2) is 65.3 Å². The topological polar surface area (TPSA) is 127 Å². The quantitative estimate of drug-likeness (QED) is 0.287. The van der Waals surface area contributed by atoms with Crippen molar-refractivity contribution in [1.82, 2.24) is 15.1 Å². The summed E-state index contributed by atoms with van der Waals surface area (Å²) in [7, 11) is 0. The Balaban J connectivity index is 1.41. The van der Waals surface area contributed by atoms with Gasteiger partial charge in [0.1, 0.15) is 11.5 Å². The Bertz CT molecular complexity index is 1230. The van der Waals surface area contributed by atoms with Gasteiger partial charge in [0.2, 0.25) is 5.95 Å². The maximum atomic E-state index is 12.6. The van der Waals surface area contributed by atoms with Gasteiger partial charge in [-0.15, -0.1) is 0 Å². The fraction of sp³-hybridized carbons (Fsp3) is 0.167. The van der Waals surface area contributed by atoms with Crippen LogP contribution in [0, 0.1) is 6.92 Å². The van der Waals surface area contributed by atoms with Crippen LogP contribution < -0.4 is 11.1 Å². The van der Waals surface area contributed by atoms with E-state index in [4.69, 9.17) is 10.3 Å². The molecule has 0 aliphatic heterocycles. The Kier molecular flexibility index (Phi) is 6.23. The molecule has 2 heterocycles. The van der Waals surface area contributed by atoms with Crippen molar-refractivity contribution >= 4 is 17.4 Å². The molecule has 0 aliphatic carbocycles. The van der Waals surface area contributed by atoms with Crippen LogP contribution in [0.5, 0.6) is 0 Å². The zero-order valence-corrected chi connectivity index (χ0v) is 17.6. The third kappa shape index (κ3) is 4.65. The zero-order valence-electron chi connectivity index (χ0n) is 17.6. The van der Waals surface area contributed by atoms with Gasteiger partial charge in [0.25, 0.3) is 0 Å². The van der Waals surface area contributed by atoms with Gasteiger partial charge in [-0.1, -0.05) is 47.6 Å². The summed E-state index contributed by atoms with van der Waals surface area (Å²) < 4.78 is 5.16. The number of hydrogen-bond acceptors (Lipinski definition) is 8. The van der Waals surface area contributed by atoms with Gasteiger partial charge in [0.05, 0.1) is 17.9 Å². The molecule has 4 N–H and O–H groups in total. The van der Waals surface area contributed by atoms with E-state index in [0.717, 1.165) is 11.1 Å². The first kappa shape index (κ1) is 21.2. The van der Waals surface area contributed by atoms with E-state index in [1.165, 1.54) is 0 Å². The SMILES string of the molecule is Cc1onc(CO)c1-c1ccnc(NCc2ccc(C(=O)Cc3ccccc3N)cc2)n1. The molecule has 0 saturated carbocycles. The minimum atomic E-state index is -0.235. The number of ketones is 1. The molecule has 2 aromatic heterocycles. The van der Waals surface area contributed by atoms with Gasteiger partial charge in [-0.3, -0.25) is 4.79 Å². The average molecular weight is 429 g/mol. The number of carbonyl (C=O) groups is 1. The van der Waals surface area contributed by atoms with Crippen molar-refractivity contribution < 1.29 is 14.4 Å². The second kappa shape index (κ2) is 9.40. The molecular formula is C24H23N5O3. The number of nitrogen functional groups attached to an aromatic ring is 1. The molecule has 8 heteroatoms. The third-order valence-electron chi connectivity index (χ3n) is 5.13. The second-order valence-electron chi connectivity index (χ2n) is 7.33. The van der Waals surface area contributed by atoms with Gasteiger partial charge in [-0.25, -0.2) is 9.97 Å². The normalized spacial score (nSPS) is 10.8. The Hall–Kier alpha value is -4.04. The summed E-state index contributed by atoms with van der Waals surface area (Å²) in [5.41, 5.74) is 10.7. The highest BCUT2D eigenvalue weighted by molar-refractivity contribution is 5.98. The lowest BCUT2D eigenvalue weighted by Crippen LogP contribution is -2.07. The number of Topliss-reactive ketones (excluding diaryl/α,β-unsaturated/α-hetero) is 1. The van der Waals surface area contributed by atoms with Crippen molar-refractivity contribution in [2.24, 2.45) is 0 Å². The summed E-state index contributed by atoms with van der Waals surface area (Å²) in [4.78, 5) is 21.3. The molecule has 0 unspecified atom stereocenters. The summed E-state index contributed by atoms with van der Waals surface area (Å²) in [6.07, 6.45) is 1.90. The molecule has 4 aromatic rings. The molecule has 162 valence electrons. The number of nitrogens with two attached hydrogens (primary N) is 1. The van der Waals surface area contributed by atoms with Gasteiger partial charge in [0, 0.05) is 30.4 Å². The van der Waals surface area contributed by atoms with E-state index in [1.807, 2.05) is 42.5 Å². The number of anilines is 2. The first-order chi connectivity index (χ1) is 15.5. The van der Waals surface area contributed by atoms with E-state index in [9.17, 15) is 9.90 Å². The monoisotopic (exact) mass is 429 g/mol. The molecule has 0 spiro atoms. The summed E-state index contributed by atoms with van der Waals surface area (Å²) >= 11 is 0. The van der Waals surface area contributed by atoms with E-state index in [1.54, 1.807) is 25.3 Å². The number of nitrogens with zero attached hydrogens (tertiary/aromatic N) is 3. The van der Waals surface area contributed by atoms with Crippen molar-refractivity contribution in [3.05, 3.63) is 88.9 Å². The summed E-state index contributed by atoms with van der Waals surface area (Å²) in [5, 5.41) is 16.5. The number of carbonyl (C=O) groups excluding carboxylic acids is 1. The van der Waals surface area contributed by atoms with Gasteiger partial charge < -0.3 is 20.7 Å². The molecule has 0 radical (unpaired) electrons. The maximum absolute atomic E-state index is 12.6. The lowest BCUT2D eigenvalue weighted by Gasteiger charge is -2.08. The van der Waals surface area contributed by atoms with Crippen molar-refractivity contribution in [2.75, 3.05) is 11.1 Å². The number of aliphatic hydroxyl groups excluding tert-OH is 1. The molecule has 0 atom stereocenters. The predicted molar refractivity (Wildman–Crippen MR) is 121 cm³/mol. The molecule has 32 heavy (non-hydrogen) atoms. The molecule has 0 amide bonds. The van der Waals surface area contributed by atoms with Crippen molar-refractivity contribution in [3.63, 3.8) is 0 Å². The Morgan fingerprint density at radius 1 is 1.12 bits per heavy atom. The predicted octanol–water partition coefficient (Wildman–Crippen LogP) is 3.55. The molecule has 0 saturated heterocycles. The lowest BCUT2D eigenvalue weighted by atomic mass is 10.0. The second-order valence-corrected chi connectivity index (χ2v) is 7.33. The van der Waals surface area contributed by atoms with Crippen LogP contribution in [0.4, 0.5) is 11.6 Å². The fourth-order valence-corrected chi connectivity index (χ4v) is 3.40. The Morgan fingerprint density at radius 3 is 2.66 bits per heavy atom. The number of aromatic nitrogens is 3. The smallest absolute Gasteiger partial charge is 0.223 e. The number of para-hydroxylation sites is 1. The van der Waals surface area contributed by atoms with Crippen LogP contribution in [0.25, 0.3) is 11.3 Å². The van der Waals surface area contributed by atoms with E-state index < -0.39 is 0 Å². The van der Waals surface area contributed by atoms with Crippen LogP contribution in [0.3, 0.4) is 0 Å². The lowest BCUT2D eigenvalue weighted by molar-refractivity contribution is 0.0993. The zero-order chi connectivity index (χ0) is 22.5. The highest BCUT2D eigenvalue weighted by Crippen LogP contribution is 2.26. The van der Waals surface area contributed by atoms with Crippen molar-refractivity contribution in [2.45, 2.75) is 26.5 Å². The van der Waals surface area contributed by atoms with Crippen molar-refractivity contribution in [1.29, 1.82) is 0 Å². The standard InChI is InChI=1S/C24H23N5O3/c1-15-23(21(14-30)29-32-15)20-10-11-26-24(28-20)27-13-16-6-8-17(9-7-16)22(31)12-18-4-2-3-5-19(18)25/h2-11,30H,12-14,25H2,1H3,(H,26,27,28). The highest BCUT2D eigenvalue weighted by atomic mass is 16.5. The van der Waals surface area contributed by atoms with Crippen LogP contribution in [0.1, 0.15) is 32.9 Å². The minimum Gasteiger partial charge on any atom is -0.398 e. The minimum absolute atomic E-state index is 0.0159. The number of rotatable bonds is 8. The average Bonchev–Trinajstić information content (AvgIpc) is 3.20. The number of aliphatic hydroxyl groups is 1. The fourth-order valence-electron chi connectivity index (χ4n) is 3.40.